The Morgan fingerprint density at radius 1 is 1.38 bits per heavy atom. The first-order valence-corrected chi connectivity index (χ1v) is 5.33. The molecule has 0 fully saturated rings. The lowest BCUT2D eigenvalue weighted by atomic mass is 10.1. The van der Waals surface area contributed by atoms with Crippen LogP contribution in [0.1, 0.15) is 16.8 Å². The highest BCUT2D eigenvalue weighted by molar-refractivity contribution is 5.22. The maximum atomic E-state index is 8.78. The number of benzene rings is 1. The number of nitrogens with zero attached hydrogens (tertiary/aromatic N) is 3. The highest BCUT2D eigenvalue weighted by Gasteiger charge is 2.00. The summed E-state index contributed by atoms with van der Waals surface area (Å²) in [5.41, 5.74) is 3.28. The van der Waals surface area contributed by atoms with Gasteiger partial charge in [0.25, 0.3) is 0 Å². The minimum Gasteiger partial charge on any atom is -0.396 e. The van der Waals surface area contributed by atoms with Crippen LogP contribution in [-0.2, 0) is 13.0 Å². The van der Waals surface area contributed by atoms with Crippen molar-refractivity contribution in [2.45, 2.75) is 19.9 Å². The Morgan fingerprint density at radius 3 is 3.00 bits per heavy atom. The topological polar surface area (TPSA) is 50.9 Å². The summed E-state index contributed by atoms with van der Waals surface area (Å²) < 4.78 is 1.79. The van der Waals surface area contributed by atoms with E-state index in [0.717, 1.165) is 12.2 Å². The lowest BCUT2D eigenvalue weighted by Gasteiger charge is -2.01. The third-order valence-corrected chi connectivity index (χ3v) is 2.38. The zero-order chi connectivity index (χ0) is 11.4. The molecule has 0 aliphatic rings. The van der Waals surface area contributed by atoms with Crippen molar-refractivity contribution in [3.63, 3.8) is 0 Å². The fourth-order valence-electron chi connectivity index (χ4n) is 1.64. The van der Waals surface area contributed by atoms with Gasteiger partial charge in [-0.15, -0.1) is 5.10 Å². The fraction of sp³-hybridized carbons (Fsp3) is 0.333. The standard InChI is InChI=1S/C12H15N3O/c1-10-3-2-4-11(7-10)8-15-9-12(5-6-16)13-14-15/h2-4,7,9,16H,5-6,8H2,1H3. The minimum atomic E-state index is 0.114. The molecule has 84 valence electrons. The SMILES string of the molecule is Cc1cccc(Cn2cc(CCO)nn2)c1. The van der Waals surface area contributed by atoms with Crippen molar-refractivity contribution in [3.8, 4) is 0 Å². The van der Waals surface area contributed by atoms with Gasteiger partial charge in [-0.3, -0.25) is 0 Å². The number of hydrogen-bond donors (Lipinski definition) is 1. The quantitative estimate of drug-likeness (QED) is 0.836. The summed E-state index contributed by atoms with van der Waals surface area (Å²) in [5, 5.41) is 16.8. The predicted molar refractivity (Wildman–Crippen MR) is 61.1 cm³/mol. The summed E-state index contributed by atoms with van der Waals surface area (Å²) >= 11 is 0. The molecule has 0 radical (unpaired) electrons. The van der Waals surface area contributed by atoms with Crippen molar-refractivity contribution in [2.24, 2.45) is 0 Å². The van der Waals surface area contributed by atoms with Crippen LogP contribution < -0.4 is 0 Å². The average molecular weight is 217 g/mol. The molecule has 0 bridgehead atoms. The van der Waals surface area contributed by atoms with Gasteiger partial charge in [-0.2, -0.15) is 0 Å². The van der Waals surface area contributed by atoms with Crippen molar-refractivity contribution in [1.29, 1.82) is 0 Å². The second-order valence-electron chi connectivity index (χ2n) is 3.87. The molecule has 0 saturated heterocycles. The van der Waals surface area contributed by atoms with E-state index >= 15 is 0 Å². The molecule has 1 aromatic heterocycles. The maximum absolute atomic E-state index is 8.78. The average Bonchev–Trinajstić information content (AvgIpc) is 2.66. The van der Waals surface area contributed by atoms with Gasteiger partial charge in [0.05, 0.1) is 12.2 Å². The third-order valence-electron chi connectivity index (χ3n) is 2.38. The van der Waals surface area contributed by atoms with E-state index in [1.807, 2.05) is 12.3 Å². The molecule has 1 N–H and O–H groups in total. The monoisotopic (exact) mass is 217 g/mol. The van der Waals surface area contributed by atoms with Gasteiger partial charge >= 0.3 is 0 Å². The Balaban J connectivity index is 2.08. The van der Waals surface area contributed by atoms with Crippen molar-refractivity contribution >= 4 is 0 Å². The van der Waals surface area contributed by atoms with Crippen LogP contribution in [0.25, 0.3) is 0 Å². The largest absolute Gasteiger partial charge is 0.396 e. The lowest BCUT2D eigenvalue weighted by molar-refractivity contribution is 0.298. The molecule has 2 rings (SSSR count). The Kier molecular flexibility index (Phi) is 3.31. The number of hydrogen-bond acceptors (Lipinski definition) is 3. The number of aromatic nitrogens is 3. The van der Waals surface area contributed by atoms with E-state index in [9.17, 15) is 0 Å². The zero-order valence-electron chi connectivity index (χ0n) is 9.30. The molecule has 0 saturated carbocycles. The molecular formula is C12H15N3O. The molecule has 16 heavy (non-hydrogen) atoms. The van der Waals surface area contributed by atoms with Gasteiger partial charge in [0.15, 0.2) is 0 Å². The summed E-state index contributed by atoms with van der Waals surface area (Å²) in [4.78, 5) is 0. The van der Waals surface area contributed by atoms with Gasteiger partial charge < -0.3 is 5.11 Å². The molecule has 0 atom stereocenters. The fourth-order valence-corrected chi connectivity index (χ4v) is 1.64. The molecule has 0 spiro atoms. The number of aliphatic hydroxyl groups is 1. The molecule has 0 aliphatic carbocycles. The summed E-state index contributed by atoms with van der Waals surface area (Å²) in [6.07, 6.45) is 2.44. The molecule has 2 aromatic rings. The Bertz CT molecular complexity index is 465. The van der Waals surface area contributed by atoms with Crippen molar-refractivity contribution < 1.29 is 5.11 Å². The van der Waals surface area contributed by atoms with Crippen LogP contribution in [0.5, 0.6) is 0 Å². The van der Waals surface area contributed by atoms with Crippen LogP contribution in [0.4, 0.5) is 0 Å². The highest BCUT2D eigenvalue weighted by Crippen LogP contribution is 2.06. The maximum Gasteiger partial charge on any atom is 0.0850 e. The molecule has 0 aliphatic heterocycles. The third kappa shape index (κ3) is 2.67. The van der Waals surface area contributed by atoms with Crippen molar-refractivity contribution in [2.75, 3.05) is 6.61 Å². The minimum absolute atomic E-state index is 0.114. The van der Waals surface area contributed by atoms with E-state index in [4.69, 9.17) is 5.11 Å². The summed E-state index contributed by atoms with van der Waals surface area (Å²) in [5.74, 6) is 0. The van der Waals surface area contributed by atoms with Gasteiger partial charge in [-0.1, -0.05) is 35.0 Å². The van der Waals surface area contributed by atoms with Gasteiger partial charge in [-0.25, -0.2) is 4.68 Å². The predicted octanol–water partition coefficient (Wildman–Crippen LogP) is 1.17. The van der Waals surface area contributed by atoms with E-state index in [0.29, 0.717) is 6.42 Å². The van der Waals surface area contributed by atoms with Crippen LogP contribution in [0, 0.1) is 6.92 Å². The van der Waals surface area contributed by atoms with E-state index in [1.54, 1.807) is 4.68 Å². The molecule has 4 heteroatoms. The van der Waals surface area contributed by atoms with E-state index in [-0.39, 0.29) is 6.61 Å². The van der Waals surface area contributed by atoms with E-state index in [1.165, 1.54) is 11.1 Å². The van der Waals surface area contributed by atoms with Gasteiger partial charge in [0.1, 0.15) is 0 Å². The molecule has 4 nitrogen and oxygen atoms in total. The molecule has 1 aromatic carbocycles. The number of rotatable bonds is 4. The summed E-state index contributed by atoms with van der Waals surface area (Å²) in [7, 11) is 0. The highest BCUT2D eigenvalue weighted by atomic mass is 16.3. The molecule has 0 amide bonds. The first kappa shape index (κ1) is 10.8. The second-order valence-corrected chi connectivity index (χ2v) is 3.87. The van der Waals surface area contributed by atoms with E-state index in [2.05, 4.69) is 35.4 Å². The molecular weight excluding hydrogens is 202 g/mol. The van der Waals surface area contributed by atoms with Crippen LogP contribution in [-0.4, -0.2) is 26.7 Å². The van der Waals surface area contributed by atoms with Crippen LogP contribution in [0.15, 0.2) is 30.5 Å². The normalized spacial score (nSPS) is 10.6. The van der Waals surface area contributed by atoms with Crippen LogP contribution in [0.2, 0.25) is 0 Å². The number of aliphatic hydroxyl groups excluding tert-OH is 1. The van der Waals surface area contributed by atoms with Crippen molar-refractivity contribution in [3.05, 3.63) is 47.3 Å². The lowest BCUT2D eigenvalue weighted by Crippen LogP contribution is -2.00. The smallest absolute Gasteiger partial charge is 0.0850 e. The summed E-state index contributed by atoms with van der Waals surface area (Å²) in [6, 6.07) is 8.31. The Labute approximate surface area is 94.5 Å². The zero-order valence-corrected chi connectivity index (χ0v) is 9.30. The Hall–Kier alpha value is -1.68. The summed E-state index contributed by atoms with van der Waals surface area (Å²) in [6.45, 7) is 2.91. The van der Waals surface area contributed by atoms with Gasteiger partial charge in [-0.05, 0) is 12.5 Å². The van der Waals surface area contributed by atoms with Crippen molar-refractivity contribution in [1.82, 2.24) is 15.0 Å². The van der Waals surface area contributed by atoms with Gasteiger partial charge in [0.2, 0.25) is 0 Å². The van der Waals surface area contributed by atoms with Crippen LogP contribution in [0.3, 0.4) is 0 Å². The number of aryl methyl sites for hydroxylation is 1. The van der Waals surface area contributed by atoms with E-state index < -0.39 is 0 Å². The first-order chi connectivity index (χ1) is 7.78. The van der Waals surface area contributed by atoms with Gasteiger partial charge in [0, 0.05) is 19.2 Å². The Morgan fingerprint density at radius 2 is 2.25 bits per heavy atom. The molecule has 1 heterocycles. The molecule has 0 unspecified atom stereocenters. The first-order valence-electron chi connectivity index (χ1n) is 5.33. The van der Waals surface area contributed by atoms with Crippen LogP contribution >= 0.6 is 0 Å². The second kappa shape index (κ2) is 4.90.